The molecule has 0 fully saturated rings. The molecule has 0 aliphatic carbocycles. The van der Waals surface area contributed by atoms with Crippen LogP contribution in [-0.4, -0.2) is 15.9 Å². The molecule has 2 N–H and O–H groups in total. The van der Waals surface area contributed by atoms with Gasteiger partial charge in [-0.2, -0.15) is 0 Å². The lowest BCUT2D eigenvalue weighted by Gasteiger charge is -2.16. The van der Waals surface area contributed by atoms with E-state index in [1.807, 2.05) is 30.3 Å². The summed E-state index contributed by atoms with van der Waals surface area (Å²) in [5.41, 5.74) is 5.91. The van der Waals surface area contributed by atoms with Gasteiger partial charge in [0.1, 0.15) is 5.58 Å². The van der Waals surface area contributed by atoms with Crippen molar-refractivity contribution in [3.8, 4) is 11.1 Å². The molecule has 0 atom stereocenters. The van der Waals surface area contributed by atoms with E-state index in [9.17, 15) is 13.6 Å². The monoisotopic (exact) mass is 429 g/mol. The van der Waals surface area contributed by atoms with E-state index in [0.717, 1.165) is 45.4 Å². The van der Waals surface area contributed by atoms with Crippen molar-refractivity contribution in [3.05, 3.63) is 89.8 Å². The molecule has 6 rings (SSSR count). The molecule has 3 heterocycles. The molecule has 1 aliphatic heterocycles. The number of rotatable bonds is 2. The lowest BCUT2D eigenvalue weighted by Crippen LogP contribution is -2.30. The Balaban J connectivity index is 1.23. The maximum absolute atomic E-state index is 13.7. The fourth-order valence-corrected chi connectivity index (χ4v) is 4.27. The third-order valence-corrected chi connectivity index (χ3v) is 5.97. The van der Waals surface area contributed by atoms with Crippen LogP contribution in [0, 0.1) is 11.6 Å². The van der Waals surface area contributed by atoms with E-state index in [1.54, 1.807) is 11.2 Å². The van der Waals surface area contributed by atoms with Gasteiger partial charge in [-0.15, -0.1) is 0 Å². The summed E-state index contributed by atoms with van der Waals surface area (Å²) in [6.07, 6.45) is 3.21. The Hall–Kier alpha value is -4.13. The number of H-pyrrole nitrogens is 1. The quantitative estimate of drug-likeness (QED) is 0.341. The Morgan fingerprint density at radius 2 is 1.72 bits per heavy atom. The van der Waals surface area contributed by atoms with Gasteiger partial charge in [-0.3, -0.25) is 0 Å². The number of carbonyl (C=O) groups is 1. The van der Waals surface area contributed by atoms with E-state index in [2.05, 4.69) is 22.4 Å². The number of halogens is 2. The Morgan fingerprint density at radius 1 is 0.938 bits per heavy atom. The number of aromatic amines is 1. The second-order valence-corrected chi connectivity index (χ2v) is 7.96. The number of nitrogens with one attached hydrogen (secondary N) is 2. The van der Waals surface area contributed by atoms with Crippen LogP contribution in [0.5, 0.6) is 0 Å². The summed E-state index contributed by atoms with van der Waals surface area (Å²) in [6, 6.07) is 16.0. The van der Waals surface area contributed by atoms with E-state index in [0.29, 0.717) is 29.7 Å². The highest BCUT2D eigenvalue weighted by Gasteiger charge is 2.24. The number of aromatic nitrogens is 1. The average Bonchev–Trinajstić information content (AvgIpc) is 3.52. The predicted molar refractivity (Wildman–Crippen MR) is 118 cm³/mol. The van der Waals surface area contributed by atoms with Crippen LogP contribution in [0.1, 0.15) is 11.1 Å². The lowest BCUT2D eigenvalue weighted by atomic mass is 10.00. The topological polar surface area (TPSA) is 61.3 Å². The van der Waals surface area contributed by atoms with Crippen molar-refractivity contribution in [2.45, 2.75) is 13.1 Å². The van der Waals surface area contributed by atoms with Crippen LogP contribution in [0.2, 0.25) is 0 Å². The minimum Gasteiger partial charge on any atom is -0.464 e. The summed E-state index contributed by atoms with van der Waals surface area (Å²) in [5.74, 6) is -1.89. The smallest absolute Gasteiger partial charge is 0.322 e. The molecule has 158 valence electrons. The largest absolute Gasteiger partial charge is 0.464 e. The number of urea groups is 1. The first kappa shape index (κ1) is 18.6. The Morgan fingerprint density at radius 3 is 2.62 bits per heavy atom. The molecular formula is C25H17F2N3O2. The second-order valence-electron chi connectivity index (χ2n) is 7.96. The van der Waals surface area contributed by atoms with Crippen molar-refractivity contribution < 1.29 is 18.0 Å². The molecule has 0 saturated carbocycles. The molecule has 0 unspecified atom stereocenters. The first-order chi connectivity index (χ1) is 15.5. The molecule has 2 aromatic heterocycles. The van der Waals surface area contributed by atoms with Gasteiger partial charge in [-0.1, -0.05) is 24.3 Å². The number of benzene rings is 3. The van der Waals surface area contributed by atoms with Crippen molar-refractivity contribution in [1.29, 1.82) is 0 Å². The lowest BCUT2D eigenvalue weighted by molar-refractivity contribution is 0.212. The molecule has 0 saturated heterocycles. The number of amides is 2. The molecule has 3 aromatic carbocycles. The fourth-order valence-electron chi connectivity index (χ4n) is 4.27. The van der Waals surface area contributed by atoms with Crippen LogP contribution in [0.3, 0.4) is 0 Å². The SMILES string of the molecule is O=C(Nc1c[nH]c2cc(F)c(F)cc12)N1Cc2ccc(-c3ccc4ccoc4c3)cc2C1. The fraction of sp³-hybridized carbons (Fsp3) is 0.0800. The molecule has 7 heteroatoms. The number of hydrogen-bond acceptors (Lipinski definition) is 2. The van der Waals surface area contributed by atoms with E-state index < -0.39 is 11.6 Å². The third-order valence-electron chi connectivity index (χ3n) is 5.97. The van der Waals surface area contributed by atoms with Crippen LogP contribution in [0.25, 0.3) is 33.0 Å². The first-order valence-corrected chi connectivity index (χ1v) is 10.2. The first-order valence-electron chi connectivity index (χ1n) is 10.2. The van der Waals surface area contributed by atoms with E-state index in [4.69, 9.17) is 4.42 Å². The minimum atomic E-state index is -0.957. The standard InChI is InChI=1S/C25H17F2N3O2/c26-20-9-19-22(10-21(20)27)28-11-23(19)29-25(31)30-12-17-4-3-15(7-18(17)13-30)16-2-1-14-5-6-32-24(14)8-16/h1-11,28H,12-13H2,(H,29,31). The van der Waals surface area contributed by atoms with Crippen LogP contribution < -0.4 is 5.32 Å². The summed E-state index contributed by atoms with van der Waals surface area (Å²) in [6.45, 7) is 0.938. The molecule has 0 radical (unpaired) electrons. The van der Waals surface area contributed by atoms with Crippen LogP contribution in [-0.2, 0) is 13.1 Å². The van der Waals surface area contributed by atoms with Gasteiger partial charge in [0, 0.05) is 36.1 Å². The van der Waals surface area contributed by atoms with Crippen molar-refractivity contribution in [2.75, 3.05) is 5.32 Å². The molecule has 0 bridgehead atoms. The van der Waals surface area contributed by atoms with Crippen LogP contribution >= 0.6 is 0 Å². The minimum absolute atomic E-state index is 0.301. The normalized spacial score (nSPS) is 13.1. The van der Waals surface area contributed by atoms with Crippen LogP contribution in [0.15, 0.2) is 71.5 Å². The van der Waals surface area contributed by atoms with Gasteiger partial charge in [0.2, 0.25) is 0 Å². The van der Waals surface area contributed by atoms with Gasteiger partial charge in [-0.05, 0) is 46.5 Å². The van der Waals surface area contributed by atoms with Crippen molar-refractivity contribution in [2.24, 2.45) is 0 Å². The van der Waals surface area contributed by atoms with Crippen molar-refractivity contribution in [3.63, 3.8) is 0 Å². The van der Waals surface area contributed by atoms with Crippen molar-refractivity contribution in [1.82, 2.24) is 9.88 Å². The van der Waals surface area contributed by atoms with E-state index in [1.165, 1.54) is 6.20 Å². The number of furan rings is 1. The molecule has 1 aliphatic rings. The van der Waals surface area contributed by atoms with Gasteiger partial charge in [0.15, 0.2) is 11.6 Å². The Bertz CT molecular complexity index is 1520. The zero-order chi connectivity index (χ0) is 21.8. The van der Waals surface area contributed by atoms with Crippen molar-refractivity contribution >= 4 is 33.6 Å². The highest BCUT2D eigenvalue weighted by molar-refractivity contribution is 6.01. The van der Waals surface area contributed by atoms with Gasteiger partial charge >= 0.3 is 6.03 Å². The summed E-state index contributed by atoms with van der Waals surface area (Å²) in [7, 11) is 0. The van der Waals surface area contributed by atoms with Gasteiger partial charge in [0.25, 0.3) is 0 Å². The van der Waals surface area contributed by atoms with E-state index >= 15 is 0 Å². The maximum atomic E-state index is 13.7. The number of carbonyl (C=O) groups excluding carboxylic acids is 1. The maximum Gasteiger partial charge on any atom is 0.322 e. The summed E-state index contributed by atoms with van der Waals surface area (Å²) >= 11 is 0. The van der Waals surface area contributed by atoms with Crippen LogP contribution in [0.4, 0.5) is 19.3 Å². The number of hydrogen-bond donors (Lipinski definition) is 2. The molecule has 2 amide bonds. The molecule has 0 spiro atoms. The number of fused-ring (bicyclic) bond motifs is 3. The highest BCUT2D eigenvalue weighted by atomic mass is 19.2. The second kappa shape index (κ2) is 6.95. The summed E-state index contributed by atoms with van der Waals surface area (Å²) in [5, 5.41) is 4.28. The molecule has 5 aromatic rings. The summed E-state index contributed by atoms with van der Waals surface area (Å²) < 4.78 is 32.6. The number of nitrogens with zero attached hydrogens (tertiary/aromatic N) is 1. The third kappa shape index (κ3) is 3.01. The zero-order valence-corrected chi connectivity index (χ0v) is 16.8. The zero-order valence-electron chi connectivity index (χ0n) is 16.8. The van der Waals surface area contributed by atoms with Gasteiger partial charge in [0.05, 0.1) is 17.5 Å². The molecular weight excluding hydrogens is 412 g/mol. The Kier molecular flexibility index (Phi) is 4.04. The predicted octanol–water partition coefficient (Wildman–Crippen LogP) is 6.41. The Labute approximate surface area is 181 Å². The summed E-state index contributed by atoms with van der Waals surface area (Å²) in [4.78, 5) is 17.4. The molecule has 5 nitrogen and oxygen atoms in total. The number of anilines is 1. The van der Waals surface area contributed by atoms with Gasteiger partial charge in [-0.25, -0.2) is 13.6 Å². The molecule has 32 heavy (non-hydrogen) atoms. The highest BCUT2D eigenvalue weighted by Crippen LogP contribution is 2.31. The average molecular weight is 429 g/mol. The van der Waals surface area contributed by atoms with Gasteiger partial charge < -0.3 is 19.6 Å². The van der Waals surface area contributed by atoms with E-state index in [-0.39, 0.29) is 6.03 Å².